The molecule has 0 aliphatic carbocycles. The van der Waals surface area contributed by atoms with Gasteiger partial charge in [-0.3, -0.25) is 14.4 Å². The fraction of sp³-hybridized carbons (Fsp3) is 0.211. The van der Waals surface area contributed by atoms with E-state index in [1.807, 2.05) is 91.0 Å². The predicted molar refractivity (Wildman–Crippen MR) is 184 cm³/mol. The number of nitrogens with one attached hydrogen (secondary N) is 4. The fourth-order valence-electron chi connectivity index (χ4n) is 5.62. The number of aromatic amines is 1. The van der Waals surface area contributed by atoms with Crippen LogP contribution in [0.25, 0.3) is 10.9 Å². The van der Waals surface area contributed by atoms with Gasteiger partial charge in [0.25, 0.3) is 0 Å². The molecule has 4 aromatic carbocycles. The lowest BCUT2D eigenvalue weighted by Crippen LogP contribution is -2.58. The number of nitrogens with two attached hydrogens (primary N) is 1. The van der Waals surface area contributed by atoms with Gasteiger partial charge in [-0.2, -0.15) is 0 Å². The molecule has 0 aliphatic heterocycles. The van der Waals surface area contributed by atoms with Crippen molar-refractivity contribution in [1.29, 1.82) is 0 Å². The van der Waals surface area contributed by atoms with E-state index in [2.05, 4.69) is 20.9 Å². The first-order valence-electron chi connectivity index (χ1n) is 15.8. The molecule has 4 atom stereocenters. The predicted octanol–water partition coefficient (Wildman–Crippen LogP) is 3.30. The number of carboxylic acid groups (broad SMARTS) is 1. The Hall–Kier alpha value is -5.74. The van der Waals surface area contributed by atoms with Gasteiger partial charge in [-0.25, -0.2) is 4.79 Å². The maximum Gasteiger partial charge on any atom is 0.326 e. The number of fused-ring (bicyclic) bond motifs is 1. The van der Waals surface area contributed by atoms with E-state index < -0.39 is 47.9 Å². The molecule has 7 N–H and O–H groups in total. The smallest absolute Gasteiger partial charge is 0.326 e. The second-order valence-electron chi connectivity index (χ2n) is 11.8. The largest absolute Gasteiger partial charge is 0.480 e. The Balaban J connectivity index is 1.39. The zero-order valence-corrected chi connectivity index (χ0v) is 26.3. The number of amides is 3. The number of H-pyrrole nitrogens is 1. The Labute approximate surface area is 278 Å². The van der Waals surface area contributed by atoms with Crippen molar-refractivity contribution in [1.82, 2.24) is 20.9 Å². The molecule has 4 unspecified atom stereocenters. The van der Waals surface area contributed by atoms with Gasteiger partial charge < -0.3 is 31.8 Å². The first-order valence-corrected chi connectivity index (χ1v) is 15.8. The molecule has 0 saturated carbocycles. The van der Waals surface area contributed by atoms with Crippen LogP contribution in [0.2, 0.25) is 0 Å². The summed E-state index contributed by atoms with van der Waals surface area (Å²) < 4.78 is 0. The Morgan fingerprint density at radius 3 is 1.56 bits per heavy atom. The zero-order valence-electron chi connectivity index (χ0n) is 26.3. The van der Waals surface area contributed by atoms with Crippen molar-refractivity contribution in [3.05, 3.63) is 144 Å². The average molecular weight is 646 g/mol. The van der Waals surface area contributed by atoms with Crippen LogP contribution in [0.1, 0.15) is 22.3 Å². The highest BCUT2D eigenvalue weighted by Crippen LogP contribution is 2.20. The number of benzene rings is 4. The molecule has 3 amide bonds. The average Bonchev–Trinajstić information content (AvgIpc) is 3.51. The zero-order chi connectivity index (χ0) is 33.9. The molecule has 0 aliphatic rings. The summed E-state index contributed by atoms with van der Waals surface area (Å²) in [6.07, 6.45) is 2.31. The molecule has 5 aromatic rings. The standard InChI is InChI=1S/C38H39N5O5/c39-30(20-25-12-4-1-5-13-25)35(44)41-32(21-26-14-6-2-7-15-26)36(45)42-33(23-28-24-40-31-19-11-10-18-29(28)31)37(46)43-34(38(47)48)22-27-16-8-3-9-17-27/h1-19,24,30,32-34,40H,20-23,39H2,(H,41,44)(H,42,45)(H,43,46)(H,47,48). The molecule has 5 rings (SSSR count). The number of rotatable bonds is 15. The molecule has 0 bridgehead atoms. The summed E-state index contributed by atoms with van der Waals surface area (Å²) in [5.74, 6) is -2.98. The molecule has 0 spiro atoms. The van der Waals surface area contributed by atoms with Crippen molar-refractivity contribution in [3.8, 4) is 0 Å². The van der Waals surface area contributed by atoms with Gasteiger partial charge in [-0.05, 0) is 34.7 Å². The van der Waals surface area contributed by atoms with E-state index in [4.69, 9.17) is 5.73 Å². The van der Waals surface area contributed by atoms with E-state index in [-0.39, 0.29) is 25.7 Å². The van der Waals surface area contributed by atoms with Gasteiger partial charge in [-0.1, -0.05) is 109 Å². The Bertz CT molecular complexity index is 1830. The van der Waals surface area contributed by atoms with E-state index in [9.17, 15) is 24.3 Å². The van der Waals surface area contributed by atoms with Gasteiger partial charge >= 0.3 is 5.97 Å². The van der Waals surface area contributed by atoms with Crippen molar-refractivity contribution >= 4 is 34.6 Å². The molecule has 0 fully saturated rings. The van der Waals surface area contributed by atoms with Crippen LogP contribution in [0.4, 0.5) is 0 Å². The number of para-hydroxylation sites is 1. The van der Waals surface area contributed by atoms with Crippen molar-refractivity contribution in [2.45, 2.75) is 49.9 Å². The molecule has 10 nitrogen and oxygen atoms in total. The molecule has 48 heavy (non-hydrogen) atoms. The van der Waals surface area contributed by atoms with Gasteiger partial charge in [0.2, 0.25) is 17.7 Å². The minimum Gasteiger partial charge on any atom is -0.480 e. The third-order valence-corrected chi connectivity index (χ3v) is 8.18. The minimum absolute atomic E-state index is 0.0572. The number of carbonyl (C=O) groups is 4. The highest BCUT2D eigenvalue weighted by Gasteiger charge is 2.31. The van der Waals surface area contributed by atoms with Crippen LogP contribution in [0.5, 0.6) is 0 Å². The molecule has 0 radical (unpaired) electrons. The lowest BCUT2D eigenvalue weighted by Gasteiger charge is -2.25. The second kappa shape index (κ2) is 16.2. The van der Waals surface area contributed by atoms with E-state index in [1.165, 1.54) is 0 Å². The Kier molecular flexibility index (Phi) is 11.3. The van der Waals surface area contributed by atoms with Crippen LogP contribution in [0.15, 0.2) is 121 Å². The first kappa shape index (κ1) is 33.6. The maximum absolute atomic E-state index is 14.0. The third kappa shape index (κ3) is 9.17. The number of aromatic nitrogens is 1. The maximum atomic E-state index is 14.0. The number of hydrogen-bond donors (Lipinski definition) is 6. The van der Waals surface area contributed by atoms with Crippen LogP contribution >= 0.6 is 0 Å². The normalized spacial score (nSPS) is 13.5. The lowest BCUT2D eigenvalue weighted by atomic mass is 10.0. The summed E-state index contributed by atoms with van der Waals surface area (Å²) >= 11 is 0. The van der Waals surface area contributed by atoms with Crippen LogP contribution < -0.4 is 21.7 Å². The molecular weight excluding hydrogens is 606 g/mol. The summed E-state index contributed by atoms with van der Waals surface area (Å²) in [5, 5.41) is 19.1. The number of carboxylic acids is 1. The minimum atomic E-state index is -1.24. The monoisotopic (exact) mass is 645 g/mol. The summed E-state index contributed by atoms with van der Waals surface area (Å²) in [5.41, 5.74) is 10.3. The van der Waals surface area contributed by atoms with Crippen molar-refractivity contribution < 1.29 is 24.3 Å². The van der Waals surface area contributed by atoms with Gasteiger partial charge in [0.15, 0.2) is 0 Å². The highest BCUT2D eigenvalue weighted by atomic mass is 16.4. The number of aliphatic carboxylic acids is 1. The quantitative estimate of drug-likeness (QED) is 0.102. The summed E-state index contributed by atoms with van der Waals surface area (Å²) in [6.45, 7) is 0. The molecular formula is C38H39N5O5. The van der Waals surface area contributed by atoms with E-state index in [1.54, 1.807) is 30.5 Å². The van der Waals surface area contributed by atoms with Crippen molar-refractivity contribution in [2.75, 3.05) is 0 Å². The lowest BCUT2D eigenvalue weighted by molar-refractivity contribution is -0.142. The van der Waals surface area contributed by atoms with Crippen LogP contribution in [0, 0.1) is 0 Å². The molecule has 246 valence electrons. The SMILES string of the molecule is NC(Cc1ccccc1)C(=O)NC(Cc1ccccc1)C(=O)NC(Cc1c[nH]c2ccccc12)C(=O)NC(Cc1ccccc1)C(=O)O. The van der Waals surface area contributed by atoms with Crippen molar-refractivity contribution in [2.24, 2.45) is 5.73 Å². The number of carbonyl (C=O) groups excluding carboxylic acids is 3. The van der Waals surface area contributed by atoms with Gasteiger partial charge in [0.1, 0.15) is 18.1 Å². The third-order valence-electron chi connectivity index (χ3n) is 8.18. The molecule has 1 aromatic heterocycles. The number of hydrogen-bond acceptors (Lipinski definition) is 5. The molecule has 1 heterocycles. The Morgan fingerprint density at radius 1 is 0.562 bits per heavy atom. The Morgan fingerprint density at radius 2 is 1.00 bits per heavy atom. The van der Waals surface area contributed by atoms with Gasteiger partial charge in [0, 0.05) is 36.4 Å². The van der Waals surface area contributed by atoms with Gasteiger partial charge in [0.05, 0.1) is 6.04 Å². The molecule has 0 saturated heterocycles. The van der Waals surface area contributed by atoms with Crippen LogP contribution in [-0.4, -0.2) is 57.9 Å². The van der Waals surface area contributed by atoms with Crippen LogP contribution in [-0.2, 0) is 44.9 Å². The van der Waals surface area contributed by atoms with Gasteiger partial charge in [-0.15, -0.1) is 0 Å². The molecule has 10 heteroatoms. The summed E-state index contributed by atoms with van der Waals surface area (Å²) in [6, 6.07) is 30.7. The topological polar surface area (TPSA) is 166 Å². The highest BCUT2D eigenvalue weighted by molar-refractivity contribution is 5.95. The van der Waals surface area contributed by atoms with E-state index in [0.29, 0.717) is 0 Å². The summed E-state index contributed by atoms with van der Waals surface area (Å²) in [4.78, 5) is 56.6. The fourth-order valence-corrected chi connectivity index (χ4v) is 5.62. The summed E-state index contributed by atoms with van der Waals surface area (Å²) in [7, 11) is 0. The van der Waals surface area contributed by atoms with E-state index >= 15 is 0 Å². The van der Waals surface area contributed by atoms with Crippen LogP contribution in [0.3, 0.4) is 0 Å². The van der Waals surface area contributed by atoms with Crippen molar-refractivity contribution in [3.63, 3.8) is 0 Å². The second-order valence-corrected chi connectivity index (χ2v) is 11.8. The first-order chi connectivity index (χ1) is 23.3. The van der Waals surface area contributed by atoms with E-state index in [0.717, 1.165) is 33.2 Å².